The van der Waals surface area contributed by atoms with Crippen LogP contribution in [0.5, 0.6) is 0 Å². The highest BCUT2D eigenvalue weighted by Crippen LogP contribution is 2.28. The van der Waals surface area contributed by atoms with E-state index in [9.17, 15) is 9.59 Å². The zero-order valence-electron chi connectivity index (χ0n) is 13.5. The van der Waals surface area contributed by atoms with Crippen LogP contribution in [-0.4, -0.2) is 9.97 Å². The molecule has 0 atom stereocenters. The van der Waals surface area contributed by atoms with Crippen molar-refractivity contribution in [1.29, 1.82) is 0 Å². The van der Waals surface area contributed by atoms with Crippen LogP contribution >= 0.6 is 23.2 Å². The summed E-state index contributed by atoms with van der Waals surface area (Å²) in [6, 6.07) is 10.5. The van der Waals surface area contributed by atoms with Crippen molar-refractivity contribution in [1.82, 2.24) is 9.97 Å². The van der Waals surface area contributed by atoms with Crippen molar-refractivity contribution < 1.29 is 0 Å². The number of aromatic amines is 2. The van der Waals surface area contributed by atoms with Gasteiger partial charge in [0.05, 0.1) is 21.1 Å². The molecule has 0 amide bonds. The first-order valence-corrected chi connectivity index (χ1v) is 8.94. The first-order valence-electron chi connectivity index (χ1n) is 8.19. The Labute approximate surface area is 157 Å². The van der Waals surface area contributed by atoms with Crippen molar-refractivity contribution in [3.05, 3.63) is 89.4 Å². The van der Waals surface area contributed by atoms with Crippen LogP contribution in [0.1, 0.15) is 22.5 Å². The monoisotopic (exact) mass is 382 g/mol. The molecule has 2 aromatic carbocycles. The first-order chi connectivity index (χ1) is 12.5. The Bertz CT molecular complexity index is 1250. The number of halogens is 2. The van der Waals surface area contributed by atoms with Gasteiger partial charge in [-0.3, -0.25) is 9.59 Å². The van der Waals surface area contributed by atoms with Crippen LogP contribution in [0.2, 0.25) is 10.0 Å². The lowest BCUT2D eigenvalue weighted by Crippen LogP contribution is -2.26. The molecule has 0 aliphatic heterocycles. The third-order valence-corrected chi connectivity index (χ3v) is 5.68. The minimum Gasteiger partial charge on any atom is -0.356 e. The molecule has 0 spiro atoms. The minimum atomic E-state index is -0.0537. The molecule has 4 nitrogen and oxygen atoms in total. The molecule has 0 fully saturated rings. The van der Waals surface area contributed by atoms with E-state index in [2.05, 4.69) is 9.97 Å². The molecule has 2 aromatic heterocycles. The predicted molar refractivity (Wildman–Crippen MR) is 105 cm³/mol. The maximum absolute atomic E-state index is 13.0. The molecule has 6 heteroatoms. The van der Waals surface area contributed by atoms with E-state index in [0.717, 1.165) is 11.4 Å². The van der Waals surface area contributed by atoms with Crippen molar-refractivity contribution in [3.8, 4) is 0 Å². The molecule has 0 unspecified atom stereocenters. The van der Waals surface area contributed by atoms with Gasteiger partial charge in [-0.05, 0) is 24.3 Å². The summed E-state index contributed by atoms with van der Waals surface area (Å²) in [5, 5.41) is 2.10. The van der Waals surface area contributed by atoms with Crippen LogP contribution in [0.15, 0.2) is 46.0 Å². The molecule has 1 aliphatic carbocycles. The van der Waals surface area contributed by atoms with E-state index in [1.54, 1.807) is 36.4 Å². The molecular weight excluding hydrogens is 371 g/mol. The molecule has 0 saturated heterocycles. The molecular formula is C20H12Cl2N2O2. The van der Waals surface area contributed by atoms with Gasteiger partial charge in [-0.2, -0.15) is 0 Å². The number of rotatable bonds is 0. The highest BCUT2D eigenvalue weighted by atomic mass is 35.5. The fraction of sp³-hybridized carbons (Fsp3) is 0.100. The molecule has 128 valence electrons. The average Bonchev–Trinajstić information content (AvgIpc) is 2.63. The van der Waals surface area contributed by atoms with Crippen molar-refractivity contribution in [2.24, 2.45) is 0 Å². The molecule has 4 aromatic rings. The van der Waals surface area contributed by atoms with Gasteiger partial charge in [0.25, 0.3) is 0 Å². The zero-order chi connectivity index (χ0) is 18.0. The van der Waals surface area contributed by atoms with Gasteiger partial charge in [0, 0.05) is 46.1 Å². The Morgan fingerprint density at radius 3 is 1.54 bits per heavy atom. The lowest BCUT2D eigenvalue weighted by Gasteiger charge is -2.20. The van der Waals surface area contributed by atoms with Gasteiger partial charge in [0.2, 0.25) is 0 Å². The number of aromatic nitrogens is 2. The number of pyridine rings is 2. The number of benzene rings is 2. The lowest BCUT2D eigenvalue weighted by atomic mass is 9.90. The number of para-hydroxylation sites is 2. The number of hydrogen-bond acceptors (Lipinski definition) is 2. The topological polar surface area (TPSA) is 65.7 Å². The minimum absolute atomic E-state index is 0.0537. The third-order valence-electron chi connectivity index (χ3n) is 5.05. The summed E-state index contributed by atoms with van der Waals surface area (Å²) in [6.07, 6.45) is 0.720. The molecule has 2 heterocycles. The fourth-order valence-corrected chi connectivity index (χ4v) is 4.21. The van der Waals surface area contributed by atoms with Gasteiger partial charge < -0.3 is 9.97 Å². The van der Waals surface area contributed by atoms with Crippen molar-refractivity contribution in [3.63, 3.8) is 0 Å². The summed E-state index contributed by atoms with van der Waals surface area (Å²) in [7, 11) is 0. The second-order valence-electron chi connectivity index (χ2n) is 6.50. The molecule has 0 radical (unpaired) electrons. The number of fused-ring (bicyclic) bond motifs is 4. The lowest BCUT2D eigenvalue weighted by molar-refractivity contribution is 0.905. The van der Waals surface area contributed by atoms with Gasteiger partial charge >= 0.3 is 0 Å². The van der Waals surface area contributed by atoms with Crippen LogP contribution in [0.25, 0.3) is 21.8 Å². The van der Waals surface area contributed by atoms with E-state index in [1.165, 1.54) is 0 Å². The SMILES string of the molecule is O=c1c2c([nH]c3c(Cl)cccc13)Cc1c([nH]c3c(Cl)cccc3c1=O)C2. The van der Waals surface area contributed by atoms with Crippen LogP contribution in [0, 0.1) is 0 Å². The summed E-state index contributed by atoms with van der Waals surface area (Å²) in [6.45, 7) is 0. The molecule has 1 aliphatic rings. The quantitative estimate of drug-likeness (QED) is 0.422. The summed E-state index contributed by atoms with van der Waals surface area (Å²) in [5.41, 5.74) is 3.93. The van der Waals surface area contributed by atoms with Gasteiger partial charge in [0.15, 0.2) is 10.9 Å². The second-order valence-corrected chi connectivity index (χ2v) is 7.32. The standard InChI is InChI=1S/C20H12Cl2N2O2/c21-13-5-1-3-9-17(13)23-15-8-12-16(7-11(15)19(9)25)24-18-10(20(12)26)4-2-6-14(18)22/h1-6H,7-8H2,(H,23,25)(H,24,26). The van der Waals surface area contributed by atoms with Gasteiger partial charge in [-0.25, -0.2) is 0 Å². The Morgan fingerprint density at radius 1 is 0.692 bits per heavy atom. The maximum atomic E-state index is 13.0. The number of nitrogens with one attached hydrogen (secondary N) is 2. The van der Waals surface area contributed by atoms with Crippen molar-refractivity contribution >= 4 is 45.0 Å². The predicted octanol–water partition coefficient (Wildman–Crippen LogP) is 4.17. The van der Waals surface area contributed by atoms with Crippen LogP contribution in [0.4, 0.5) is 0 Å². The van der Waals surface area contributed by atoms with Crippen LogP contribution in [0.3, 0.4) is 0 Å². The van der Waals surface area contributed by atoms with E-state index in [4.69, 9.17) is 23.2 Å². The first kappa shape index (κ1) is 15.7. The Balaban J connectivity index is 1.82. The van der Waals surface area contributed by atoms with Crippen LogP contribution in [-0.2, 0) is 12.8 Å². The van der Waals surface area contributed by atoms with E-state index in [-0.39, 0.29) is 10.9 Å². The smallest absolute Gasteiger partial charge is 0.193 e. The zero-order valence-corrected chi connectivity index (χ0v) is 15.0. The van der Waals surface area contributed by atoms with Gasteiger partial charge in [-0.15, -0.1) is 0 Å². The van der Waals surface area contributed by atoms with E-state index in [1.807, 2.05) is 0 Å². The Kier molecular flexibility index (Phi) is 3.30. The van der Waals surface area contributed by atoms with Crippen molar-refractivity contribution in [2.45, 2.75) is 12.8 Å². The second kappa shape index (κ2) is 5.47. The van der Waals surface area contributed by atoms with Gasteiger partial charge in [-0.1, -0.05) is 35.3 Å². The van der Waals surface area contributed by atoms with E-state index >= 15 is 0 Å². The normalized spacial score (nSPS) is 13.0. The number of hydrogen-bond donors (Lipinski definition) is 2. The Hall–Kier alpha value is -2.56. The number of H-pyrrole nitrogens is 2. The third kappa shape index (κ3) is 2.09. The molecule has 5 rings (SSSR count). The van der Waals surface area contributed by atoms with E-state index in [0.29, 0.717) is 55.8 Å². The molecule has 26 heavy (non-hydrogen) atoms. The van der Waals surface area contributed by atoms with Crippen molar-refractivity contribution in [2.75, 3.05) is 0 Å². The highest BCUT2D eigenvalue weighted by Gasteiger charge is 2.24. The largest absolute Gasteiger partial charge is 0.356 e. The van der Waals surface area contributed by atoms with Crippen LogP contribution < -0.4 is 10.9 Å². The summed E-state index contributed by atoms with van der Waals surface area (Å²) in [4.78, 5) is 32.5. The fourth-order valence-electron chi connectivity index (χ4n) is 3.76. The average molecular weight is 383 g/mol. The molecule has 2 N–H and O–H groups in total. The summed E-state index contributed by atoms with van der Waals surface area (Å²) < 4.78 is 0. The summed E-state index contributed by atoms with van der Waals surface area (Å²) >= 11 is 12.5. The maximum Gasteiger partial charge on any atom is 0.193 e. The molecule has 0 bridgehead atoms. The molecule has 0 saturated carbocycles. The summed E-state index contributed by atoms with van der Waals surface area (Å²) in [5.74, 6) is 0. The Morgan fingerprint density at radius 2 is 1.12 bits per heavy atom. The van der Waals surface area contributed by atoms with Gasteiger partial charge in [0.1, 0.15) is 0 Å². The van der Waals surface area contributed by atoms with E-state index < -0.39 is 0 Å². The highest BCUT2D eigenvalue weighted by molar-refractivity contribution is 6.35.